The fraction of sp³-hybridized carbons (Fsp3) is 0.400. The van der Waals surface area contributed by atoms with Gasteiger partial charge in [-0.3, -0.25) is 9.59 Å². The van der Waals surface area contributed by atoms with E-state index in [1.807, 2.05) is 0 Å². The van der Waals surface area contributed by atoms with Crippen LogP contribution < -0.4 is 10.6 Å². The van der Waals surface area contributed by atoms with Gasteiger partial charge < -0.3 is 20.5 Å². The summed E-state index contributed by atoms with van der Waals surface area (Å²) in [7, 11) is 0. The third-order valence-electron chi connectivity index (χ3n) is 5.68. The van der Waals surface area contributed by atoms with Gasteiger partial charge in [0.2, 0.25) is 0 Å². The summed E-state index contributed by atoms with van der Waals surface area (Å²) in [5, 5.41) is 16.6. The van der Waals surface area contributed by atoms with E-state index in [9.17, 15) is 27.2 Å². The maximum Gasteiger partial charge on any atom is 0.418 e. The molecule has 2 aliphatic rings. The van der Waals surface area contributed by atoms with Crippen molar-refractivity contribution >= 4 is 28.5 Å². The van der Waals surface area contributed by atoms with E-state index in [1.165, 1.54) is 36.4 Å². The maximum absolute atomic E-state index is 13.0. The highest BCUT2D eigenvalue weighted by molar-refractivity contribution is 6.67. The Morgan fingerprint density at radius 1 is 1.11 bits per heavy atom. The lowest BCUT2D eigenvalue weighted by molar-refractivity contribution is -0.141. The van der Waals surface area contributed by atoms with E-state index in [0.717, 1.165) is 18.9 Å². The van der Waals surface area contributed by atoms with Gasteiger partial charge in [0.05, 0.1) is 36.3 Å². The lowest BCUT2D eigenvalue weighted by Gasteiger charge is -2.31. The molecule has 12 heteroatoms. The molecule has 1 saturated carbocycles. The van der Waals surface area contributed by atoms with Gasteiger partial charge in [-0.2, -0.15) is 18.4 Å². The van der Waals surface area contributed by atoms with Gasteiger partial charge in [-0.1, -0.05) is 0 Å². The van der Waals surface area contributed by atoms with Crippen molar-refractivity contribution in [3.05, 3.63) is 65.0 Å². The molecule has 200 valence electrons. The number of ether oxygens (including phenoxy) is 1. The van der Waals surface area contributed by atoms with Crippen LogP contribution in [0.2, 0.25) is 0 Å². The number of carboxylic acid groups (broad SMARTS) is 1. The molecule has 0 radical (unpaired) electrons. The third-order valence-corrected chi connectivity index (χ3v) is 5.89. The Labute approximate surface area is 216 Å². The number of halogens is 5. The number of carbonyl (C=O) groups is 2. The number of hydrogen-bond donors (Lipinski definition) is 2. The fourth-order valence-corrected chi connectivity index (χ4v) is 3.86. The summed E-state index contributed by atoms with van der Waals surface area (Å²) in [4.78, 5) is 22.3. The second kappa shape index (κ2) is 13.9. The Morgan fingerprint density at radius 2 is 1.73 bits per heavy atom. The molecule has 3 N–H and O–H groups in total. The first-order valence-corrected chi connectivity index (χ1v) is 11.7. The van der Waals surface area contributed by atoms with Crippen LogP contribution in [0, 0.1) is 23.1 Å². The van der Waals surface area contributed by atoms with E-state index >= 15 is 0 Å². The number of carbonyl (C=O) groups excluding carboxylic acids is 1. The van der Waals surface area contributed by atoms with Crippen LogP contribution in [0.1, 0.15) is 40.7 Å². The minimum absolute atomic E-state index is 0.0133. The van der Waals surface area contributed by atoms with Crippen molar-refractivity contribution in [1.82, 2.24) is 0 Å². The summed E-state index contributed by atoms with van der Waals surface area (Å²) < 4.78 is 56.2. The number of nitrogens with two attached hydrogens (primary N) is 1. The molecular weight excluding hydrogens is 518 g/mol. The van der Waals surface area contributed by atoms with Gasteiger partial charge in [-0.05, 0) is 73.3 Å². The molecular formula is C25H26ClF4N3O4. The van der Waals surface area contributed by atoms with Crippen molar-refractivity contribution in [2.45, 2.75) is 31.5 Å². The maximum atomic E-state index is 13.0. The average Bonchev–Trinajstić information content (AvgIpc) is 3.31. The highest BCUT2D eigenvalue weighted by Crippen LogP contribution is 2.37. The topological polar surface area (TPSA) is 117 Å². The zero-order valence-electron chi connectivity index (χ0n) is 19.7. The standard InChI is InChI=1S/C12H11F3N2O.C7H4ClFO.C6H11NO2/c13-12(14,15)10-7-9(8-16)1-2-11(10)17-3-5-18-6-4-17;8-7(10)5-1-3-6(9)4-2-5;7-5-2-1-4(3-5)6(8)9/h1-2,7H,3-6H2;1-4H;4-5H,1-3,7H2,(H,8,9)/t;;4-,5+/m..1/s1. The van der Waals surface area contributed by atoms with Crippen molar-refractivity contribution in [1.29, 1.82) is 5.26 Å². The molecule has 1 aliphatic heterocycles. The van der Waals surface area contributed by atoms with E-state index in [0.29, 0.717) is 38.3 Å². The van der Waals surface area contributed by atoms with Gasteiger partial charge in [0.15, 0.2) is 0 Å². The quantitative estimate of drug-likeness (QED) is 0.421. The molecule has 1 aliphatic carbocycles. The number of morpholine rings is 1. The Kier molecular flexibility index (Phi) is 11.3. The van der Waals surface area contributed by atoms with Gasteiger partial charge in [0.1, 0.15) is 5.82 Å². The Balaban J connectivity index is 0.000000214. The molecule has 37 heavy (non-hydrogen) atoms. The lowest BCUT2D eigenvalue weighted by Crippen LogP contribution is -2.37. The molecule has 0 unspecified atom stereocenters. The number of nitriles is 1. The van der Waals surface area contributed by atoms with Crippen molar-refractivity contribution in [2.24, 2.45) is 11.7 Å². The van der Waals surface area contributed by atoms with Crippen molar-refractivity contribution in [3.63, 3.8) is 0 Å². The monoisotopic (exact) mass is 543 g/mol. The van der Waals surface area contributed by atoms with Crippen molar-refractivity contribution in [2.75, 3.05) is 31.2 Å². The molecule has 1 heterocycles. The highest BCUT2D eigenvalue weighted by Gasteiger charge is 2.35. The minimum atomic E-state index is -4.46. The first-order valence-electron chi connectivity index (χ1n) is 11.3. The van der Waals surface area contributed by atoms with Crippen LogP contribution in [0.5, 0.6) is 0 Å². The smallest absolute Gasteiger partial charge is 0.418 e. The van der Waals surface area contributed by atoms with Crippen molar-refractivity contribution in [3.8, 4) is 6.07 Å². The van der Waals surface area contributed by atoms with E-state index in [1.54, 1.807) is 11.0 Å². The minimum Gasteiger partial charge on any atom is -0.481 e. The Bertz CT molecular complexity index is 1100. The van der Waals surface area contributed by atoms with Crippen LogP contribution >= 0.6 is 11.6 Å². The van der Waals surface area contributed by atoms with Gasteiger partial charge in [-0.15, -0.1) is 0 Å². The second-order valence-corrected chi connectivity index (χ2v) is 8.67. The SMILES string of the molecule is N#Cc1ccc(N2CCOCC2)c(C(F)(F)F)c1.N[C@H]1CC[C@@H](C(=O)O)C1.O=C(Cl)c1ccc(F)cc1. The van der Waals surface area contributed by atoms with Crippen LogP contribution in [0.25, 0.3) is 0 Å². The zero-order valence-corrected chi connectivity index (χ0v) is 20.4. The number of aliphatic carboxylic acids is 1. The van der Waals surface area contributed by atoms with E-state index in [-0.39, 0.29) is 29.0 Å². The highest BCUT2D eigenvalue weighted by atomic mass is 35.5. The lowest BCUT2D eigenvalue weighted by atomic mass is 10.1. The number of carboxylic acids is 1. The van der Waals surface area contributed by atoms with Crippen LogP contribution in [0.15, 0.2) is 42.5 Å². The number of benzene rings is 2. The molecule has 2 aromatic rings. The Hall–Kier alpha value is -3.20. The van der Waals surface area contributed by atoms with Crippen LogP contribution in [0.4, 0.5) is 23.2 Å². The largest absolute Gasteiger partial charge is 0.481 e. The number of rotatable bonds is 3. The summed E-state index contributed by atoms with van der Waals surface area (Å²) in [6, 6.07) is 10.6. The summed E-state index contributed by atoms with van der Waals surface area (Å²) in [5.41, 5.74) is 5.18. The van der Waals surface area contributed by atoms with E-state index < -0.39 is 23.0 Å². The average molecular weight is 544 g/mol. The van der Waals surface area contributed by atoms with Gasteiger partial charge >= 0.3 is 12.1 Å². The molecule has 0 amide bonds. The number of alkyl halides is 3. The number of nitrogens with zero attached hydrogens (tertiary/aromatic N) is 2. The molecule has 0 spiro atoms. The molecule has 0 aromatic heterocycles. The summed E-state index contributed by atoms with van der Waals surface area (Å²) in [5.74, 6) is -1.23. The Morgan fingerprint density at radius 3 is 2.16 bits per heavy atom. The first kappa shape index (κ1) is 30.0. The van der Waals surface area contributed by atoms with Gasteiger partial charge in [0, 0.05) is 30.4 Å². The molecule has 4 rings (SSSR count). The second-order valence-electron chi connectivity index (χ2n) is 8.33. The number of anilines is 1. The van der Waals surface area contributed by atoms with Crippen LogP contribution in [-0.4, -0.2) is 48.7 Å². The zero-order chi connectivity index (χ0) is 27.6. The molecule has 0 bridgehead atoms. The normalized spacial score (nSPS) is 19.0. The van der Waals surface area contributed by atoms with Crippen molar-refractivity contribution < 1.29 is 37.0 Å². The third kappa shape index (κ3) is 9.64. The van der Waals surface area contributed by atoms with Gasteiger partial charge in [-0.25, -0.2) is 4.39 Å². The molecule has 2 fully saturated rings. The van der Waals surface area contributed by atoms with Crippen LogP contribution in [0.3, 0.4) is 0 Å². The molecule has 2 aromatic carbocycles. The molecule has 1 saturated heterocycles. The van der Waals surface area contributed by atoms with E-state index in [4.69, 9.17) is 32.4 Å². The predicted molar refractivity (Wildman–Crippen MR) is 129 cm³/mol. The summed E-state index contributed by atoms with van der Waals surface area (Å²) in [6.07, 6.45) is -2.16. The first-order chi connectivity index (χ1) is 17.4. The fourth-order valence-electron chi connectivity index (χ4n) is 3.73. The predicted octanol–water partition coefficient (Wildman–Crippen LogP) is 4.82. The van der Waals surface area contributed by atoms with Gasteiger partial charge in [0.25, 0.3) is 5.24 Å². The summed E-state index contributed by atoms with van der Waals surface area (Å²) >= 11 is 5.09. The van der Waals surface area contributed by atoms with E-state index in [2.05, 4.69) is 0 Å². The summed E-state index contributed by atoms with van der Waals surface area (Å²) in [6.45, 7) is 1.68. The molecule has 2 atom stereocenters. The number of hydrogen-bond acceptors (Lipinski definition) is 6. The molecule has 7 nitrogen and oxygen atoms in total. The van der Waals surface area contributed by atoms with Crippen LogP contribution in [-0.2, 0) is 15.7 Å².